The maximum absolute atomic E-state index is 13.6. The first-order chi connectivity index (χ1) is 9.51. The van der Waals surface area contributed by atoms with E-state index in [9.17, 15) is 13.6 Å². The van der Waals surface area contributed by atoms with E-state index in [1.165, 1.54) is 0 Å². The van der Waals surface area contributed by atoms with E-state index in [0.717, 1.165) is 31.7 Å². The van der Waals surface area contributed by atoms with E-state index in [4.69, 9.17) is 5.73 Å². The van der Waals surface area contributed by atoms with Crippen LogP contribution in [0.3, 0.4) is 0 Å². The maximum Gasteiger partial charge on any atom is 0.254 e. The summed E-state index contributed by atoms with van der Waals surface area (Å²) in [5.74, 6) is -2.26. The van der Waals surface area contributed by atoms with Crippen molar-refractivity contribution in [3.05, 3.63) is 29.3 Å². The van der Waals surface area contributed by atoms with Crippen molar-refractivity contribution in [1.29, 1.82) is 0 Å². The molecule has 1 aromatic rings. The highest BCUT2D eigenvalue weighted by molar-refractivity contribution is 7.99. The van der Waals surface area contributed by atoms with Gasteiger partial charge < -0.3 is 11.1 Å². The third kappa shape index (κ3) is 3.42. The molecule has 3 nitrogen and oxygen atoms in total. The quantitative estimate of drug-likeness (QED) is 0.844. The first-order valence-corrected chi connectivity index (χ1v) is 7.88. The van der Waals surface area contributed by atoms with E-state index in [0.29, 0.717) is 11.3 Å². The first-order valence-electron chi connectivity index (χ1n) is 6.59. The molecule has 20 heavy (non-hydrogen) atoms. The summed E-state index contributed by atoms with van der Waals surface area (Å²) in [6.45, 7) is 0. The van der Waals surface area contributed by atoms with Gasteiger partial charge in [-0.2, -0.15) is 11.8 Å². The van der Waals surface area contributed by atoms with Crippen molar-refractivity contribution in [3.63, 3.8) is 0 Å². The fraction of sp³-hybridized carbons (Fsp3) is 0.500. The van der Waals surface area contributed by atoms with Crippen LogP contribution in [0.4, 0.5) is 14.5 Å². The molecule has 2 rings (SSSR count). The van der Waals surface area contributed by atoms with Gasteiger partial charge in [0.25, 0.3) is 5.91 Å². The van der Waals surface area contributed by atoms with Crippen LogP contribution in [0.25, 0.3) is 0 Å². The number of hydrogen-bond donors (Lipinski definition) is 2. The van der Waals surface area contributed by atoms with Gasteiger partial charge in [0.2, 0.25) is 0 Å². The summed E-state index contributed by atoms with van der Waals surface area (Å²) in [5.41, 5.74) is 4.95. The van der Waals surface area contributed by atoms with Crippen molar-refractivity contribution in [1.82, 2.24) is 5.32 Å². The van der Waals surface area contributed by atoms with E-state index in [1.54, 1.807) is 0 Å². The van der Waals surface area contributed by atoms with Crippen LogP contribution >= 0.6 is 11.8 Å². The first kappa shape index (κ1) is 15.1. The molecule has 0 aliphatic heterocycles. The smallest absolute Gasteiger partial charge is 0.254 e. The van der Waals surface area contributed by atoms with Crippen LogP contribution in [-0.4, -0.2) is 23.5 Å². The molecule has 6 heteroatoms. The third-order valence-corrected chi connectivity index (χ3v) is 4.81. The number of nitrogens with one attached hydrogen (secondary N) is 1. The van der Waals surface area contributed by atoms with E-state index < -0.39 is 17.5 Å². The molecule has 3 N–H and O–H groups in total. The van der Waals surface area contributed by atoms with Crippen LogP contribution in [0.1, 0.15) is 36.0 Å². The van der Waals surface area contributed by atoms with Gasteiger partial charge in [-0.1, -0.05) is 0 Å². The Morgan fingerprint density at radius 3 is 2.50 bits per heavy atom. The topological polar surface area (TPSA) is 55.1 Å². The zero-order chi connectivity index (χ0) is 14.7. The second kappa shape index (κ2) is 6.43. The molecule has 0 heterocycles. The van der Waals surface area contributed by atoms with E-state index in [2.05, 4.69) is 11.6 Å². The Labute approximate surface area is 121 Å². The number of halogens is 2. The van der Waals surface area contributed by atoms with Gasteiger partial charge in [0.15, 0.2) is 0 Å². The number of amides is 1. The minimum absolute atomic E-state index is 0.0524. The Morgan fingerprint density at radius 1 is 1.25 bits per heavy atom. The second-order valence-electron chi connectivity index (χ2n) is 5.04. The monoisotopic (exact) mass is 300 g/mol. The van der Waals surface area contributed by atoms with Gasteiger partial charge in [0, 0.05) is 17.4 Å². The molecule has 0 atom stereocenters. The molecule has 0 saturated heterocycles. The summed E-state index contributed by atoms with van der Waals surface area (Å²) < 4.78 is 26.7. The fourth-order valence-electron chi connectivity index (χ4n) is 2.45. The van der Waals surface area contributed by atoms with Gasteiger partial charge in [0.05, 0.1) is 11.3 Å². The number of nitrogen functional groups attached to an aromatic ring is 1. The van der Waals surface area contributed by atoms with Gasteiger partial charge in [-0.05, 0) is 38.0 Å². The van der Waals surface area contributed by atoms with Gasteiger partial charge in [-0.15, -0.1) is 0 Å². The summed E-state index contributed by atoms with van der Waals surface area (Å²) in [6.07, 6.45) is 5.94. The molecule has 1 aliphatic rings. The standard InChI is InChI=1S/C14H18F2N2OS/c1-20-9-4-2-8(3-5-9)18-14(19)10-6-13(17)12(16)7-11(10)15/h6-9H,2-5,17H2,1H3,(H,18,19). The Morgan fingerprint density at radius 2 is 1.90 bits per heavy atom. The van der Waals surface area contributed by atoms with Crippen molar-refractivity contribution in [2.24, 2.45) is 0 Å². The van der Waals surface area contributed by atoms with Crippen LogP contribution in [0.15, 0.2) is 12.1 Å². The maximum atomic E-state index is 13.6. The molecule has 1 aliphatic carbocycles. The van der Waals surface area contributed by atoms with Gasteiger partial charge in [-0.3, -0.25) is 4.79 Å². The molecule has 0 radical (unpaired) electrons. The minimum Gasteiger partial charge on any atom is -0.396 e. The highest BCUT2D eigenvalue weighted by Crippen LogP contribution is 2.27. The van der Waals surface area contributed by atoms with Crippen LogP contribution in [-0.2, 0) is 0 Å². The second-order valence-corrected chi connectivity index (χ2v) is 6.17. The average Bonchev–Trinajstić information content (AvgIpc) is 2.43. The van der Waals surface area contributed by atoms with Crippen molar-refractivity contribution in [2.75, 3.05) is 12.0 Å². The predicted molar refractivity (Wildman–Crippen MR) is 77.8 cm³/mol. The summed E-state index contributed by atoms with van der Waals surface area (Å²) >= 11 is 1.84. The minimum atomic E-state index is -0.882. The number of rotatable bonds is 3. The zero-order valence-electron chi connectivity index (χ0n) is 11.3. The predicted octanol–water partition coefficient (Wildman–Crippen LogP) is 2.95. The molecular formula is C14H18F2N2OS. The van der Waals surface area contributed by atoms with Crippen molar-refractivity contribution in [2.45, 2.75) is 37.0 Å². The summed E-state index contributed by atoms with van der Waals surface area (Å²) in [7, 11) is 0. The molecule has 1 saturated carbocycles. The van der Waals surface area contributed by atoms with Crippen molar-refractivity contribution >= 4 is 23.4 Å². The molecule has 1 fully saturated rings. The van der Waals surface area contributed by atoms with E-state index >= 15 is 0 Å². The Hall–Kier alpha value is -1.30. The van der Waals surface area contributed by atoms with E-state index in [1.807, 2.05) is 11.8 Å². The summed E-state index contributed by atoms with van der Waals surface area (Å²) in [5, 5.41) is 3.44. The average molecular weight is 300 g/mol. The number of carbonyl (C=O) groups excluding carboxylic acids is 1. The molecule has 0 bridgehead atoms. The van der Waals surface area contributed by atoms with Gasteiger partial charge >= 0.3 is 0 Å². The summed E-state index contributed by atoms with van der Waals surface area (Å²) in [4.78, 5) is 12.0. The molecular weight excluding hydrogens is 282 g/mol. The zero-order valence-corrected chi connectivity index (χ0v) is 12.1. The van der Waals surface area contributed by atoms with Gasteiger partial charge in [-0.25, -0.2) is 8.78 Å². The van der Waals surface area contributed by atoms with Crippen LogP contribution in [0.5, 0.6) is 0 Å². The van der Waals surface area contributed by atoms with Crippen LogP contribution < -0.4 is 11.1 Å². The lowest BCUT2D eigenvalue weighted by Gasteiger charge is -2.28. The molecule has 1 amide bonds. The SMILES string of the molecule is CSC1CCC(NC(=O)c2cc(N)c(F)cc2F)CC1. The summed E-state index contributed by atoms with van der Waals surface area (Å²) in [6, 6.07) is 1.75. The van der Waals surface area contributed by atoms with Gasteiger partial charge in [0.1, 0.15) is 11.6 Å². The lowest BCUT2D eigenvalue weighted by molar-refractivity contribution is 0.0924. The number of anilines is 1. The number of benzene rings is 1. The number of carbonyl (C=O) groups is 1. The molecule has 0 spiro atoms. The Kier molecular flexibility index (Phi) is 4.86. The molecule has 110 valence electrons. The number of thioether (sulfide) groups is 1. The number of hydrogen-bond acceptors (Lipinski definition) is 3. The molecule has 0 aromatic heterocycles. The molecule has 0 unspecified atom stereocenters. The lowest BCUT2D eigenvalue weighted by Crippen LogP contribution is -2.38. The lowest BCUT2D eigenvalue weighted by atomic mass is 9.94. The van der Waals surface area contributed by atoms with Crippen molar-refractivity contribution in [3.8, 4) is 0 Å². The Balaban J connectivity index is 2.01. The van der Waals surface area contributed by atoms with E-state index in [-0.39, 0.29) is 17.3 Å². The normalized spacial score (nSPS) is 22.6. The molecule has 1 aromatic carbocycles. The highest BCUT2D eigenvalue weighted by Gasteiger charge is 2.23. The van der Waals surface area contributed by atoms with Crippen LogP contribution in [0, 0.1) is 11.6 Å². The van der Waals surface area contributed by atoms with Crippen LogP contribution in [0.2, 0.25) is 0 Å². The highest BCUT2D eigenvalue weighted by atomic mass is 32.2. The third-order valence-electron chi connectivity index (χ3n) is 3.67. The number of nitrogens with two attached hydrogens (primary N) is 1. The van der Waals surface area contributed by atoms with Crippen molar-refractivity contribution < 1.29 is 13.6 Å². The largest absolute Gasteiger partial charge is 0.396 e. The fourth-order valence-corrected chi connectivity index (χ4v) is 3.19. The Bertz CT molecular complexity index is 502.